The van der Waals surface area contributed by atoms with E-state index in [0.717, 1.165) is 11.2 Å². The van der Waals surface area contributed by atoms with Crippen molar-refractivity contribution in [3.8, 4) is 0 Å². The van der Waals surface area contributed by atoms with Crippen LogP contribution in [0.15, 0.2) is 55.0 Å². The van der Waals surface area contributed by atoms with E-state index < -0.39 is 0 Å². The molecular weight excluding hydrogens is 304 g/mol. The molecule has 6 heteroatoms. The van der Waals surface area contributed by atoms with Crippen molar-refractivity contribution in [3.05, 3.63) is 66.2 Å². The zero-order valence-corrected chi connectivity index (χ0v) is 13.5. The molecule has 0 fully saturated rings. The van der Waals surface area contributed by atoms with E-state index in [0.29, 0.717) is 18.5 Å². The van der Waals surface area contributed by atoms with Gasteiger partial charge in [0.05, 0.1) is 42.2 Å². The Balaban J connectivity index is 1.96. The lowest BCUT2D eigenvalue weighted by Crippen LogP contribution is -2.41. The molecule has 1 amide bonds. The van der Waals surface area contributed by atoms with Crippen molar-refractivity contribution >= 4 is 11.4 Å². The molecule has 0 aromatic carbocycles. The van der Waals surface area contributed by atoms with Crippen LogP contribution < -0.4 is 0 Å². The molecule has 3 aromatic heterocycles. The van der Waals surface area contributed by atoms with Crippen LogP contribution in [0.2, 0.25) is 0 Å². The Bertz CT molecular complexity index is 812. The second-order valence-electron chi connectivity index (χ2n) is 5.59. The lowest BCUT2D eigenvalue weighted by molar-refractivity contribution is 0.0562. The highest BCUT2D eigenvalue weighted by Gasteiger charge is 2.26. The molecule has 0 aliphatic heterocycles. The number of aliphatic hydroxyl groups is 1. The highest BCUT2D eigenvalue weighted by molar-refractivity contribution is 6.00. The van der Waals surface area contributed by atoms with E-state index >= 15 is 0 Å². The molecule has 0 aliphatic rings. The van der Waals surface area contributed by atoms with Gasteiger partial charge in [-0.05, 0) is 30.7 Å². The van der Waals surface area contributed by atoms with Gasteiger partial charge >= 0.3 is 0 Å². The van der Waals surface area contributed by atoms with Crippen LogP contribution in [0.25, 0.3) is 5.52 Å². The molecule has 0 radical (unpaired) electrons. The molecule has 0 aliphatic carbocycles. The minimum atomic E-state index is -0.266. The number of hydrogen-bond acceptors (Lipinski definition) is 4. The lowest BCUT2D eigenvalue weighted by atomic mass is 10.1. The fourth-order valence-corrected chi connectivity index (χ4v) is 2.73. The monoisotopic (exact) mass is 324 g/mol. The summed E-state index contributed by atoms with van der Waals surface area (Å²) < 4.78 is 1.67. The Kier molecular flexibility index (Phi) is 4.86. The van der Waals surface area contributed by atoms with Gasteiger partial charge in [-0.3, -0.25) is 9.78 Å². The average molecular weight is 324 g/mol. The number of nitrogens with zero attached hydrogens (tertiary/aromatic N) is 4. The molecule has 24 heavy (non-hydrogen) atoms. The fourth-order valence-electron chi connectivity index (χ4n) is 2.73. The summed E-state index contributed by atoms with van der Waals surface area (Å²) in [5, 5.41) is 13.9. The molecule has 3 aromatic rings. The standard InChI is InChI=1S/C18H20N4O2/c1-2-15(13-23)21(12-14-7-3-5-9-19-14)18(24)16-11-20-22-10-6-4-8-17(16)22/h3-11,15,23H,2,12-13H2,1H3/t15-/m0/s1. The third-order valence-electron chi connectivity index (χ3n) is 4.10. The van der Waals surface area contributed by atoms with Crippen LogP contribution in [0.1, 0.15) is 29.4 Å². The average Bonchev–Trinajstić information content (AvgIpc) is 3.06. The SMILES string of the molecule is CC[C@@H](CO)N(Cc1ccccn1)C(=O)c1cnn2ccccc12. The number of aromatic nitrogens is 3. The first-order chi connectivity index (χ1) is 11.7. The first kappa shape index (κ1) is 16.1. The Morgan fingerprint density at radius 1 is 1.29 bits per heavy atom. The predicted molar refractivity (Wildman–Crippen MR) is 90.5 cm³/mol. The van der Waals surface area contributed by atoms with Crippen molar-refractivity contribution in [1.82, 2.24) is 19.5 Å². The summed E-state index contributed by atoms with van der Waals surface area (Å²) in [6, 6.07) is 10.9. The molecule has 0 spiro atoms. The molecule has 1 atom stereocenters. The first-order valence-corrected chi connectivity index (χ1v) is 7.98. The minimum Gasteiger partial charge on any atom is -0.394 e. The van der Waals surface area contributed by atoms with Gasteiger partial charge in [0.2, 0.25) is 0 Å². The van der Waals surface area contributed by atoms with E-state index in [1.165, 1.54) is 0 Å². The van der Waals surface area contributed by atoms with E-state index in [2.05, 4.69) is 10.1 Å². The van der Waals surface area contributed by atoms with Gasteiger partial charge in [0, 0.05) is 12.4 Å². The highest BCUT2D eigenvalue weighted by Crippen LogP contribution is 2.18. The van der Waals surface area contributed by atoms with Crippen LogP contribution in [0, 0.1) is 0 Å². The smallest absolute Gasteiger partial charge is 0.258 e. The maximum Gasteiger partial charge on any atom is 0.258 e. The zero-order valence-electron chi connectivity index (χ0n) is 13.5. The van der Waals surface area contributed by atoms with Crippen LogP contribution in [-0.2, 0) is 6.54 Å². The number of fused-ring (bicyclic) bond motifs is 1. The molecule has 0 saturated carbocycles. The van der Waals surface area contributed by atoms with Crippen LogP contribution in [0.4, 0.5) is 0 Å². The van der Waals surface area contributed by atoms with Gasteiger partial charge in [-0.15, -0.1) is 0 Å². The second kappa shape index (κ2) is 7.23. The van der Waals surface area contributed by atoms with E-state index in [1.54, 1.807) is 28.0 Å². The van der Waals surface area contributed by atoms with Gasteiger partial charge < -0.3 is 10.0 Å². The Hall–Kier alpha value is -2.73. The van der Waals surface area contributed by atoms with Crippen LogP contribution in [0.5, 0.6) is 0 Å². The molecular formula is C18H20N4O2. The molecule has 3 rings (SSSR count). The number of pyridine rings is 2. The zero-order chi connectivity index (χ0) is 16.9. The summed E-state index contributed by atoms with van der Waals surface area (Å²) in [5.74, 6) is -0.150. The maximum absolute atomic E-state index is 13.1. The summed E-state index contributed by atoms with van der Waals surface area (Å²) in [7, 11) is 0. The summed E-state index contributed by atoms with van der Waals surface area (Å²) in [5.41, 5.74) is 2.06. The summed E-state index contributed by atoms with van der Waals surface area (Å²) in [6.45, 7) is 2.22. The van der Waals surface area contributed by atoms with E-state index in [4.69, 9.17) is 0 Å². The van der Waals surface area contributed by atoms with Gasteiger partial charge in [-0.25, -0.2) is 4.52 Å². The lowest BCUT2D eigenvalue weighted by Gasteiger charge is -2.29. The Labute approximate surface area is 140 Å². The fraction of sp³-hybridized carbons (Fsp3) is 0.278. The first-order valence-electron chi connectivity index (χ1n) is 7.98. The minimum absolute atomic E-state index is 0.0890. The topological polar surface area (TPSA) is 70.7 Å². The molecule has 124 valence electrons. The molecule has 0 bridgehead atoms. The number of carbonyl (C=O) groups excluding carboxylic acids is 1. The normalized spacial score (nSPS) is 12.2. The van der Waals surface area contributed by atoms with Crippen molar-refractivity contribution in [3.63, 3.8) is 0 Å². The van der Waals surface area contributed by atoms with E-state index in [-0.39, 0.29) is 18.6 Å². The van der Waals surface area contributed by atoms with Gasteiger partial charge in [0.15, 0.2) is 0 Å². The van der Waals surface area contributed by atoms with Crippen molar-refractivity contribution in [2.45, 2.75) is 25.9 Å². The van der Waals surface area contributed by atoms with Gasteiger partial charge in [0.1, 0.15) is 0 Å². The quantitative estimate of drug-likeness (QED) is 0.754. The Morgan fingerprint density at radius 3 is 2.83 bits per heavy atom. The van der Waals surface area contributed by atoms with Gasteiger partial charge in [0.25, 0.3) is 5.91 Å². The highest BCUT2D eigenvalue weighted by atomic mass is 16.3. The van der Waals surface area contributed by atoms with Gasteiger partial charge in [-0.2, -0.15) is 5.10 Å². The van der Waals surface area contributed by atoms with Crippen molar-refractivity contribution in [1.29, 1.82) is 0 Å². The summed E-state index contributed by atoms with van der Waals surface area (Å²) in [4.78, 5) is 19.1. The number of amides is 1. The van der Waals surface area contributed by atoms with Crippen LogP contribution >= 0.6 is 0 Å². The number of carbonyl (C=O) groups is 1. The molecule has 0 unspecified atom stereocenters. The molecule has 0 saturated heterocycles. The summed E-state index contributed by atoms with van der Waals surface area (Å²) >= 11 is 0. The molecule has 1 N–H and O–H groups in total. The number of hydrogen-bond donors (Lipinski definition) is 1. The largest absolute Gasteiger partial charge is 0.394 e. The number of aliphatic hydroxyl groups excluding tert-OH is 1. The van der Waals surface area contributed by atoms with Crippen LogP contribution in [0.3, 0.4) is 0 Å². The molecule has 3 heterocycles. The maximum atomic E-state index is 13.1. The van der Waals surface area contributed by atoms with E-state index in [9.17, 15) is 9.90 Å². The third kappa shape index (κ3) is 3.14. The van der Waals surface area contributed by atoms with Crippen molar-refractivity contribution in [2.24, 2.45) is 0 Å². The molecule has 6 nitrogen and oxygen atoms in total. The van der Waals surface area contributed by atoms with Gasteiger partial charge in [-0.1, -0.05) is 19.1 Å². The Morgan fingerprint density at radius 2 is 2.12 bits per heavy atom. The van der Waals surface area contributed by atoms with Crippen molar-refractivity contribution < 1.29 is 9.90 Å². The van der Waals surface area contributed by atoms with E-state index in [1.807, 2.05) is 43.3 Å². The number of rotatable bonds is 6. The van der Waals surface area contributed by atoms with Crippen LogP contribution in [-0.4, -0.2) is 43.2 Å². The third-order valence-corrected chi connectivity index (χ3v) is 4.10. The summed E-state index contributed by atoms with van der Waals surface area (Å²) in [6.07, 6.45) is 5.74. The predicted octanol–water partition coefficient (Wildman–Crippen LogP) is 2.14. The van der Waals surface area contributed by atoms with Crippen molar-refractivity contribution in [2.75, 3.05) is 6.61 Å². The second-order valence-corrected chi connectivity index (χ2v) is 5.59.